The molecular weight excluding hydrogens is 226 g/mol. The van der Waals surface area contributed by atoms with Crippen LogP contribution in [0.2, 0.25) is 0 Å². The molecule has 0 bridgehead atoms. The summed E-state index contributed by atoms with van der Waals surface area (Å²) >= 11 is 0. The van der Waals surface area contributed by atoms with E-state index in [0.29, 0.717) is 19.1 Å². The van der Waals surface area contributed by atoms with Gasteiger partial charge in [-0.3, -0.25) is 0 Å². The van der Waals surface area contributed by atoms with Gasteiger partial charge < -0.3 is 15.2 Å². The van der Waals surface area contributed by atoms with E-state index < -0.39 is 0 Å². The first-order valence-electron chi connectivity index (χ1n) is 6.41. The monoisotopic (exact) mass is 251 g/mol. The van der Waals surface area contributed by atoms with E-state index in [0.717, 1.165) is 17.9 Å². The summed E-state index contributed by atoms with van der Waals surface area (Å²) in [4.78, 5) is 0. The van der Waals surface area contributed by atoms with Crippen LogP contribution in [0.3, 0.4) is 0 Å². The van der Waals surface area contributed by atoms with Gasteiger partial charge in [0.15, 0.2) is 0 Å². The maximum atomic E-state index is 5.80. The summed E-state index contributed by atoms with van der Waals surface area (Å²) in [5, 5.41) is 0. The number of benzene rings is 1. The van der Waals surface area contributed by atoms with Crippen molar-refractivity contribution in [1.29, 1.82) is 0 Å². The van der Waals surface area contributed by atoms with Gasteiger partial charge in [-0.05, 0) is 30.5 Å². The van der Waals surface area contributed by atoms with Crippen molar-refractivity contribution < 1.29 is 9.47 Å². The van der Waals surface area contributed by atoms with Crippen molar-refractivity contribution >= 4 is 0 Å². The lowest BCUT2D eigenvalue weighted by atomic mass is 9.85. The van der Waals surface area contributed by atoms with Gasteiger partial charge in [-0.25, -0.2) is 0 Å². The topological polar surface area (TPSA) is 44.5 Å². The molecule has 3 nitrogen and oxygen atoms in total. The first kappa shape index (κ1) is 14.8. The van der Waals surface area contributed by atoms with Crippen LogP contribution in [0, 0.1) is 11.3 Å². The summed E-state index contributed by atoms with van der Waals surface area (Å²) < 4.78 is 11.0. The molecule has 0 spiro atoms. The van der Waals surface area contributed by atoms with Gasteiger partial charge in [-0.2, -0.15) is 0 Å². The fourth-order valence-electron chi connectivity index (χ4n) is 1.98. The lowest BCUT2D eigenvalue weighted by Crippen LogP contribution is -2.26. The Morgan fingerprint density at radius 2 is 1.89 bits per heavy atom. The number of nitrogens with two attached hydrogens (primary N) is 1. The molecule has 0 aliphatic rings. The molecule has 0 aliphatic carbocycles. The van der Waals surface area contributed by atoms with Crippen molar-refractivity contribution in [2.75, 3.05) is 20.3 Å². The van der Waals surface area contributed by atoms with Gasteiger partial charge in [0, 0.05) is 12.0 Å². The van der Waals surface area contributed by atoms with Crippen molar-refractivity contribution in [2.24, 2.45) is 17.1 Å². The molecule has 0 saturated heterocycles. The van der Waals surface area contributed by atoms with Gasteiger partial charge in [0.2, 0.25) is 0 Å². The summed E-state index contributed by atoms with van der Waals surface area (Å²) in [5.41, 5.74) is 6.08. The Kier molecular flexibility index (Phi) is 5.48. The molecule has 18 heavy (non-hydrogen) atoms. The highest BCUT2D eigenvalue weighted by atomic mass is 16.5. The van der Waals surface area contributed by atoms with Gasteiger partial charge in [-0.1, -0.05) is 26.8 Å². The fraction of sp³-hybridized carbons (Fsp3) is 0.600. The van der Waals surface area contributed by atoms with E-state index in [9.17, 15) is 0 Å². The highest BCUT2D eigenvalue weighted by molar-refractivity contribution is 5.32. The predicted molar refractivity (Wildman–Crippen MR) is 75.1 cm³/mol. The van der Waals surface area contributed by atoms with Crippen molar-refractivity contribution in [1.82, 2.24) is 0 Å². The Bertz CT molecular complexity index is 358. The molecule has 0 saturated carbocycles. The molecule has 0 aliphatic heterocycles. The van der Waals surface area contributed by atoms with Gasteiger partial charge >= 0.3 is 0 Å². The number of hydrogen-bond acceptors (Lipinski definition) is 3. The quantitative estimate of drug-likeness (QED) is 0.845. The van der Waals surface area contributed by atoms with Gasteiger partial charge in [0.1, 0.15) is 11.5 Å². The van der Waals surface area contributed by atoms with Crippen LogP contribution in [0.1, 0.15) is 27.2 Å². The Balaban J connectivity index is 2.51. The standard InChI is InChI=1S/C15H25NO2/c1-15(2,3)9-12(10-16)11-18-14-7-5-6-13(8-14)17-4/h5-8,12H,9-11,16H2,1-4H3. The number of rotatable bonds is 6. The molecule has 102 valence electrons. The number of hydrogen-bond donors (Lipinski definition) is 1. The third-order valence-corrected chi connectivity index (χ3v) is 2.76. The Morgan fingerprint density at radius 1 is 1.22 bits per heavy atom. The van der Waals surface area contributed by atoms with Crippen LogP contribution < -0.4 is 15.2 Å². The van der Waals surface area contributed by atoms with Crippen LogP contribution in [0.5, 0.6) is 11.5 Å². The van der Waals surface area contributed by atoms with E-state index in [2.05, 4.69) is 20.8 Å². The third-order valence-electron chi connectivity index (χ3n) is 2.76. The maximum absolute atomic E-state index is 5.80. The summed E-state index contributed by atoms with van der Waals surface area (Å²) in [6, 6.07) is 7.66. The summed E-state index contributed by atoms with van der Waals surface area (Å²) in [6.45, 7) is 7.98. The molecule has 1 atom stereocenters. The van der Waals surface area contributed by atoms with Gasteiger partial charge in [0.25, 0.3) is 0 Å². The first-order chi connectivity index (χ1) is 8.44. The largest absolute Gasteiger partial charge is 0.497 e. The molecule has 0 fully saturated rings. The van der Waals surface area contributed by atoms with E-state index in [1.807, 2.05) is 24.3 Å². The number of methoxy groups -OCH3 is 1. The molecule has 0 aromatic heterocycles. The van der Waals surface area contributed by atoms with E-state index in [-0.39, 0.29) is 5.41 Å². The number of ether oxygens (including phenoxy) is 2. The van der Waals surface area contributed by atoms with Crippen LogP contribution >= 0.6 is 0 Å². The average molecular weight is 251 g/mol. The maximum Gasteiger partial charge on any atom is 0.122 e. The molecule has 1 aromatic rings. The summed E-state index contributed by atoms with van der Waals surface area (Å²) in [5.74, 6) is 2.03. The minimum atomic E-state index is 0.280. The van der Waals surface area contributed by atoms with Gasteiger partial charge in [-0.15, -0.1) is 0 Å². The van der Waals surface area contributed by atoms with Crippen LogP contribution in [0.15, 0.2) is 24.3 Å². The second-order valence-electron chi connectivity index (χ2n) is 5.86. The molecular formula is C15H25NO2. The zero-order chi connectivity index (χ0) is 13.6. The molecule has 1 aromatic carbocycles. The molecule has 0 amide bonds. The summed E-state index contributed by atoms with van der Waals surface area (Å²) in [6.07, 6.45) is 1.06. The predicted octanol–water partition coefficient (Wildman–Crippen LogP) is 3.09. The second kappa shape index (κ2) is 6.64. The van der Waals surface area contributed by atoms with Crippen molar-refractivity contribution in [2.45, 2.75) is 27.2 Å². The Morgan fingerprint density at radius 3 is 2.44 bits per heavy atom. The highest BCUT2D eigenvalue weighted by Crippen LogP contribution is 2.25. The minimum absolute atomic E-state index is 0.280. The Hall–Kier alpha value is -1.22. The van der Waals surface area contributed by atoms with Crippen molar-refractivity contribution in [3.63, 3.8) is 0 Å². The zero-order valence-corrected chi connectivity index (χ0v) is 11.9. The Labute approximate surface area is 110 Å². The van der Waals surface area contributed by atoms with E-state index in [1.54, 1.807) is 7.11 Å². The van der Waals surface area contributed by atoms with E-state index in [1.165, 1.54) is 0 Å². The lowest BCUT2D eigenvalue weighted by Gasteiger charge is -2.25. The molecule has 3 heteroatoms. The lowest BCUT2D eigenvalue weighted by molar-refractivity contribution is 0.199. The van der Waals surface area contributed by atoms with Crippen molar-refractivity contribution in [3.05, 3.63) is 24.3 Å². The van der Waals surface area contributed by atoms with Crippen LogP contribution in [-0.4, -0.2) is 20.3 Å². The minimum Gasteiger partial charge on any atom is -0.497 e. The van der Waals surface area contributed by atoms with Crippen molar-refractivity contribution in [3.8, 4) is 11.5 Å². The molecule has 0 radical (unpaired) electrons. The normalized spacial score (nSPS) is 13.2. The SMILES string of the molecule is COc1cccc(OCC(CN)CC(C)(C)C)c1. The van der Waals surface area contributed by atoms with Crippen LogP contribution in [0.4, 0.5) is 0 Å². The van der Waals surface area contributed by atoms with E-state index >= 15 is 0 Å². The summed E-state index contributed by atoms with van der Waals surface area (Å²) in [7, 11) is 1.65. The molecule has 2 N–H and O–H groups in total. The zero-order valence-electron chi connectivity index (χ0n) is 11.9. The molecule has 0 heterocycles. The average Bonchev–Trinajstić information content (AvgIpc) is 2.33. The fourth-order valence-corrected chi connectivity index (χ4v) is 1.98. The van der Waals surface area contributed by atoms with Gasteiger partial charge in [0.05, 0.1) is 13.7 Å². The third kappa shape index (κ3) is 5.41. The first-order valence-corrected chi connectivity index (χ1v) is 6.41. The van der Waals surface area contributed by atoms with E-state index in [4.69, 9.17) is 15.2 Å². The molecule has 1 rings (SSSR count). The smallest absolute Gasteiger partial charge is 0.122 e. The molecule has 1 unspecified atom stereocenters. The van der Waals surface area contributed by atoms with Crippen LogP contribution in [0.25, 0.3) is 0 Å². The highest BCUT2D eigenvalue weighted by Gasteiger charge is 2.18. The van der Waals surface area contributed by atoms with Crippen LogP contribution in [-0.2, 0) is 0 Å². The second-order valence-corrected chi connectivity index (χ2v) is 5.86.